The van der Waals surface area contributed by atoms with Crippen LogP contribution in [0.1, 0.15) is 17.5 Å². The highest BCUT2D eigenvalue weighted by atomic mass is 16.5. The molecule has 1 atom stereocenters. The van der Waals surface area contributed by atoms with E-state index in [4.69, 9.17) is 9.26 Å². The zero-order valence-corrected chi connectivity index (χ0v) is 12.2. The summed E-state index contributed by atoms with van der Waals surface area (Å²) in [5.41, 5.74) is 1.21. The van der Waals surface area contributed by atoms with Crippen molar-refractivity contribution in [3.05, 3.63) is 41.8 Å². The van der Waals surface area contributed by atoms with E-state index in [2.05, 4.69) is 32.5 Å². The molecule has 6 nitrogen and oxygen atoms in total. The fraction of sp³-hybridized carbons (Fsp3) is 0.467. The normalized spacial score (nSPS) is 16.9. The first-order valence-electron chi connectivity index (χ1n) is 7.24. The summed E-state index contributed by atoms with van der Waals surface area (Å²) in [6.45, 7) is 3.06. The molecule has 0 bridgehead atoms. The maximum Gasteiger partial charge on any atom is 0.266 e. The van der Waals surface area contributed by atoms with Gasteiger partial charge >= 0.3 is 0 Å². The molecule has 2 heterocycles. The van der Waals surface area contributed by atoms with Crippen LogP contribution in [0.3, 0.4) is 0 Å². The molecule has 1 fully saturated rings. The molecule has 0 radical (unpaired) electrons. The highest BCUT2D eigenvalue weighted by molar-refractivity contribution is 5.28. The van der Waals surface area contributed by atoms with Crippen molar-refractivity contribution < 1.29 is 9.26 Å². The van der Waals surface area contributed by atoms with Crippen LogP contribution < -0.4 is 10.2 Å². The van der Waals surface area contributed by atoms with Gasteiger partial charge in [0.15, 0.2) is 0 Å². The minimum atomic E-state index is 0.171. The van der Waals surface area contributed by atoms with Gasteiger partial charge in [0.05, 0.1) is 13.2 Å². The summed E-state index contributed by atoms with van der Waals surface area (Å²) < 4.78 is 10.7. The Bertz CT molecular complexity index is 552. The van der Waals surface area contributed by atoms with Crippen molar-refractivity contribution >= 4 is 5.95 Å². The van der Waals surface area contributed by atoms with Crippen molar-refractivity contribution in [2.45, 2.75) is 12.5 Å². The molecule has 0 saturated carbocycles. The third-order valence-electron chi connectivity index (χ3n) is 3.68. The molecule has 0 aliphatic carbocycles. The molecular formula is C15H20N4O2. The van der Waals surface area contributed by atoms with E-state index < -0.39 is 0 Å². The van der Waals surface area contributed by atoms with Gasteiger partial charge in [-0.1, -0.05) is 30.3 Å². The lowest BCUT2D eigenvalue weighted by molar-refractivity contribution is 0.121. The minimum Gasteiger partial charge on any atom is -0.378 e. The first kappa shape index (κ1) is 14.0. The second kappa shape index (κ2) is 6.69. The molecule has 1 aliphatic rings. The van der Waals surface area contributed by atoms with E-state index in [0.717, 1.165) is 13.1 Å². The van der Waals surface area contributed by atoms with Gasteiger partial charge in [-0.25, -0.2) is 0 Å². The van der Waals surface area contributed by atoms with Crippen LogP contribution in [0.15, 0.2) is 34.9 Å². The van der Waals surface area contributed by atoms with E-state index in [0.29, 0.717) is 31.5 Å². The lowest BCUT2D eigenvalue weighted by Gasteiger charge is -2.24. The lowest BCUT2D eigenvalue weighted by atomic mass is 10.0. The Kier molecular flexibility index (Phi) is 4.47. The van der Waals surface area contributed by atoms with Crippen molar-refractivity contribution in [3.8, 4) is 0 Å². The highest BCUT2D eigenvalue weighted by Crippen LogP contribution is 2.19. The number of benzene rings is 1. The topological polar surface area (TPSA) is 63.4 Å². The fourth-order valence-corrected chi connectivity index (χ4v) is 2.47. The number of ether oxygens (including phenoxy) is 1. The summed E-state index contributed by atoms with van der Waals surface area (Å²) in [5, 5.41) is 7.37. The molecule has 1 unspecified atom stereocenters. The van der Waals surface area contributed by atoms with E-state index >= 15 is 0 Å². The number of likely N-dealkylation sites (N-methyl/N-ethyl adjacent to an activating group) is 1. The van der Waals surface area contributed by atoms with Gasteiger partial charge in [0, 0.05) is 25.6 Å². The standard InChI is InChI=1S/C15H20N4O2/c1-16-13(12-5-3-2-4-6-12)11-14-17-15(18-21-14)19-7-9-20-10-8-19/h2-6,13,16H,7-11H2,1H3. The summed E-state index contributed by atoms with van der Waals surface area (Å²) in [6, 6.07) is 10.4. The van der Waals surface area contributed by atoms with E-state index in [1.165, 1.54) is 5.56 Å². The Morgan fingerprint density at radius 3 is 2.71 bits per heavy atom. The average molecular weight is 288 g/mol. The van der Waals surface area contributed by atoms with Gasteiger partial charge in [-0.3, -0.25) is 0 Å². The quantitative estimate of drug-likeness (QED) is 0.897. The Morgan fingerprint density at radius 1 is 1.24 bits per heavy atom. The molecule has 2 aromatic rings. The van der Waals surface area contributed by atoms with Crippen LogP contribution in [-0.4, -0.2) is 43.5 Å². The maximum absolute atomic E-state index is 5.39. The zero-order valence-electron chi connectivity index (χ0n) is 12.2. The number of nitrogens with zero attached hydrogens (tertiary/aromatic N) is 3. The van der Waals surface area contributed by atoms with Crippen LogP contribution in [0, 0.1) is 0 Å². The average Bonchev–Trinajstić information content (AvgIpc) is 3.03. The van der Waals surface area contributed by atoms with Gasteiger partial charge in [-0.15, -0.1) is 0 Å². The van der Waals surface area contributed by atoms with Gasteiger partial charge in [-0.2, -0.15) is 4.98 Å². The molecule has 3 rings (SSSR count). The van der Waals surface area contributed by atoms with Crippen LogP contribution in [0.4, 0.5) is 5.95 Å². The minimum absolute atomic E-state index is 0.171. The second-order valence-electron chi connectivity index (χ2n) is 5.04. The highest BCUT2D eigenvalue weighted by Gasteiger charge is 2.19. The number of nitrogens with one attached hydrogen (secondary N) is 1. The molecule has 1 aliphatic heterocycles. The van der Waals surface area contributed by atoms with Crippen molar-refractivity contribution in [1.29, 1.82) is 0 Å². The predicted octanol–water partition coefficient (Wildman–Crippen LogP) is 1.41. The summed E-state index contributed by atoms with van der Waals surface area (Å²) >= 11 is 0. The molecule has 21 heavy (non-hydrogen) atoms. The van der Waals surface area contributed by atoms with Crippen LogP contribution in [-0.2, 0) is 11.2 Å². The number of rotatable bonds is 5. The van der Waals surface area contributed by atoms with E-state index in [-0.39, 0.29) is 6.04 Å². The van der Waals surface area contributed by atoms with E-state index in [1.54, 1.807) is 0 Å². The third-order valence-corrected chi connectivity index (χ3v) is 3.68. The molecule has 0 spiro atoms. The first-order chi connectivity index (χ1) is 10.4. The summed E-state index contributed by atoms with van der Waals surface area (Å²) in [6.07, 6.45) is 0.678. The number of morpholine rings is 1. The van der Waals surface area contributed by atoms with Crippen molar-refractivity contribution in [3.63, 3.8) is 0 Å². The van der Waals surface area contributed by atoms with Crippen LogP contribution in [0.5, 0.6) is 0 Å². The molecule has 6 heteroatoms. The van der Waals surface area contributed by atoms with Gasteiger partial charge in [0.1, 0.15) is 0 Å². The van der Waals surface area contributed by atoms with Crippen LogP contribution >= 0.6 is 0 Å². The number of hydrogen-bond donors (Lipinski definition) is 1. The summed E-state index contributed by atoms with van der Waals surface area (Å²) in [7, 11) is 1.94. The molecule has 1 N–H and O–H groups in total. The number of hydrogen-bond acceptors (Lipinski definition) is 6. The first-order valence-corrected chi connectivity index (χ1v) is 7.24. The number of anilines is 1. The molecule has 0 amide bonds. The van der Waals surface area contributed by atoms with Crippen LogP contribution in [0.2, 0.25) is 0 Å². The summed E-state index contributed by atoms with van der Waals surface area (Å²) in [4.78, 5) is 6.59. The van der Waals surface area contributed by atoms with Crippen molar-refractivity contribution in [1.82, 2.24) is 15.5 Å². The molecular weight excluding hydrogens is 268 g/mol. The summed E-state index contributed by atoms with van der Waals surface area (Å²) in [5.74, 6) is 1.32. The molecule has 112 valence electrons. The Labute approximate surface area is 124 Å². The largest absolute Gasteiger partial charge is 0.378 e. The Hall–Kier alpha value is -1.92. The Morgan fingerprint density at radius 2 is 2.00 bits per heavy atom. The molecule has 1 saturated heterocycles. The Balaban J connectivity index is 1.68. The van der Waals surface area contributed by atoms with Crippen LogP contribution in [0.25, 0.3) is 0 Å². The molecule has 1 aromatic carbocycles. The van der Waals surface area contributed by atoms with Gasteiger partial charge in [0.25, 0.3) is 5.95 Å². The SMILES string of the molecule is CNC(Cc1nc(N2CCOCC2)no1)c1ccccc1. The predicted molar refractivity (Wildman–Crippen MR) is 79.3 cm³/mol. The van der Waals surface area contributed by atoms with Gasteiger partial charge in [-0.05, 0) is 17.8 Å². The van der Waals surface area contributed by atoms with Crippen molar-refractivity contribution in [2.75, 3.05) is 38.3 Å². The second-order valence-corrected chi connectivity index (χ2v) is 5.04. The smallest absolute Gasteiger partial charge is 0.266 e. The zero-order chi connectivity index (χ0) is 14.5. The maximum atomic E-state index is 5.39. The fourth-order valence-electron chi connectivity index (χ4n) is 2.47. The van der Waals surface area contributed by atoms with E-state index in [1.807, 2.05) is 25.2 Å². The lowest BCUT2D eigenvalue weighted by Crippen LogP contribution is -2.36. The monoisotopic (exact) mass is 288 g/mol. The van der Waals surface area contributed by atoms with Crippen molar-refractivity contribution in [2.24, 2.45) is 0 Å². The number of aromatic nitrogens is 2. The molecule has 1 aromatic heterocycles. The van der Waals surface area contributed by atoms with Gasteiger partial charge < -0.3 is 19.5 Å². The van der Waals surface area contributed by atoms with Gasteiger partial charge in [0.2, 0.25) is 5.89 Å². The third kappa shape index (κ3) is 3.40. The van der Waals surface area contributed by atoms with E-state index in [9.17, 15) is 0 Å².